The van der Waals surface area contributed by atoms with Crippen molar-refractivity contribution in [3.63, 3.8) is 0 Å². The van der Waals surface area contributed by atoms with Gasteiger partial charge in [-0.3, -0.25) is 4.79 Å². The molecule has 6 heteroatoms. The van der Waals surface area contributed by atoms with Gasteiger partial charge in [-0.15, -0.1) is 0 Å². The van der Waals surface area contributed by atoms with E-state index in [9.17, 15) is 13.6 Å². The van der Waals surface area contributed by atoms with E-state index in [0.29, 0.717) is 17.3 Å². The normalized spacial score (nSPS) is 10.2. The molecule has 0 heterocycles. The van der Waals surface area contributed by atoms with Gasteiger partial charge >= 0.3 is 0 Å². The molecule has 0 atom stereocenters. The molecule has 2 aromatic rings. The monoisotopic (exact) mass is 306 g/mol. The number of halogens is 2. The number of amides is 1. The van der Waals surface area contributed by atoms with Crippen molar-refractivity contribution in [1.82, 2.24) is 0 Å². The number of carbonyl (C=O) groups excluding carboxylic acids is 1. The molecule has 21 heavy (non-hydrogen) atoms. The van der Waals surface area contributed by atoms with Crippen LogP contribution in [0.3, 0.4) is 0 Å². The van der Waals surface area contributed by atoms with Crippen molar-refractivity contribution >= 4 is 28.8 Å². The van der Waals surface area contributed by atoms with E-state index in [1.807, 2.05) is 0 Å². The molecule has 3 nitrogen and oxygen atoms in total. The molecule has 0 aliphatic heterocycles. The topological polar surface area (TPSA) is 55.1 Å². The minimum atomic E-state index is -0.921. The summed E-state index contributed by atoms with van der Waals surface area (Å²) in [5.74, 6) is -2.33. The smallest absolute Gasteiger partial charge is 0.258 e. The Morgan fingerprint density at radius 2 is 1.90 bits per heavy atom. The second-order valence-electron chi connectivity index (χ2n) is 4.47. The summed E-state index contributed by atoms with van der Waals surface area (Å²) in [6.07, 6.45) is 0. The maximum Gasteiger partial charge on any atom is 0.258 e. The number of thiocarbonyl (C=S) groups is 1. The van der Waals surface area contributed by atoms with Gasteiger partial charge in [-0.05, 0) is 30.7 Å². The summed E-state index contributed by atoms with van der Waals surface area (Å²) in [5, 5.41) is 2.57. The lowest BCUT2D eigenvalue weighted by Crippen LogP contribution is -2.16. The zero-order valence-electron chi connectivity index (χ0n) is 11.1. The highest BCUT2D eigenvalue weighted by Crippen LogP contribution is 2.19. The number of benzene rings is 2. The van der Waals surface area contributed by atoms with Crippen molar-refractivity contribution in [2.75, 3.05) is 5.32 Å². The summed E-state index contributed by atoms with van der Waals surface area (Å²) >= 11 is 4.87. The summed E-state index contributed by atoms with van der Waals surface area (Å²) in [5.41, 5.74) is 7.12. The van der Waals surface area contributed by atoms with Gasteiger partial charge in [0.15, 0.2) is 0 Å². The van der Waals surface area contributed by atoms with Crippen LogP contribution in [0.25, 0.3) is 0 Å². The summed E-state index contributed by atoms with van der Waals surface area (Å²) in [6.45, 7) is 1.78. The maximum absolute atomic E-state index is 13.6. The van der Waals surface area contributed by atoms with E-state index in [4.69, 9.17) is 18.0 Å². The van der Waals surface area contributed by atoms with Crippen LogP contribution in [-0.4, -0.2) is 10.9 Å². The lowest BCUT2D eigenvalue weighted by atomic mass is 10.1. The maximum atomic E-state index is 13.6. The van der Waals surface area contributed by atoms with E-state index in [-0.39, 0.29) is 10.6 Å². The quantitative estimate of drug-likeness (QED) is 0.857. The van der Waals surface area contributed by atoms with Crippen molar-refractivity contribution in [2.24, 2.45) is 5.73 Å². The van der Waals surface area contributed by atoms with Crippen molar-refractivity contribution < 1.29 is 13.6 Å². The number of anilines is 1. The van der Waals surface area contributed by atoms with Gasteiger partial charge in [-0.1, -0.05) is 24.4 Å². The SMILES string of the molecule is Cc1ccc(C(N)=S)cc1NC(=O)c1ccc(F)cc1F. The number of hydrogen-bond acceptors (Lipinski definition) is 2. The average Bonchev–Trinajstić information content (AvgIpc) is 2.40. The van der Waals surface area contributed by atoms with E-state index >= 15 is 0 Å². The number of aryl methyl sites for hydroxylation is 1. The van der Waals surface area contributed by atoms with E-state index in [1.54, 1.807) is 25.1 Å². The van der Waals surface area contributed by atoms with Crippen LogP contribution in [0.4, 0.5) is 14.5 Å². The zero-order chi connectivity index (χ0) is 15.6. The van der Waals surface area contributed by atoms with Crippen LogP contribution in [-0.2, 0) is 0 Å². The summed E-state index contributed by atoms with van der Waals surface area (Å²) in [4.78, 5) is 12.2. The molecule has 0 bridgehead atoms. The van der Waals surface area contributed by atoms with Crippen molar-refractivity contribution in [1.29, 1.82) is 0 Å². The molecule has 0 saturated heterocycles. The Morgan fingerprint density at radius 1 is 1.19 bits per heavy atom. The Labute approximate surface area is 125 Å². The molecule has 0 unspecified atom stereocenters. The Balaban J connectivity index is 2.31. The predicted molar refractivity (Wildman–Crippen MR) is 81.4 cm³/mol. The molecule has 0 aliphatic rings. The molecule has 2 rings (SSSR count). The van der Waals surface area contributed by atoms with Gasteiger partial charge in [0, 0.05) is 17.3 Å². The van der Waals surface area contributed by atoms with E-state index in [1.165, 1.54) is 0 Å². The largest absolute Gasteiger partial charge is 0.389 e. The number of nitrogens with two attached hydrogens (primary N) is 1. The second kappa shape index (κ2) is 5.97. The highest BCUT2D eigenvalue weighted by atomic mass is 32.1. The zero-order valence-corrected chi connectivity index (χ0v) is 11.9. The molecular weight excluding hydrogens is 294 g/mol. The number of carbonyl (C=O) groups is 1. The molecule has 108 valence electrons. The fourth-order valence-electron chi connectivity index (χ4n) is 1.77. The molecule has 0 aliphatic carbocycles. The van der Waals surface area contributed by atoms with Gasteiger partial charge < -0.3 is 11.1 Å². The molecule has 2 aromatic carbocycles. The first-order valence-electron chi connectivity index (χ1n) is 6.05. The molecule has 3 N–H and O–H groups in total. The molecule has 0 saturated carbocycles. The highest BCUT2D eigenvalue weighted by molar-refractivity contribution is 7.80. The first kappa shape index (κ1) is 15.1. The fourth-order valence-corrected chi connectivity index (χ4v) is 1.90. The van der Waals surface area contributed by atoms with Gasteiger partial charge in [0.05, 0.1) is 5.56 Å². The minimum absolute atomic E-state index is 0.193. The van der Waals surface area contributed by atoms with E-state index in [0.717, 1.165) is 17.7 Å². The predicted octanol–water partition coefficient (Wildman–Crippen LogP) is 3.16. The molecule has 1 amide bonds. The Kier molecular flexibility index (Phi) is 4.28. The van der Waals surface area contributed by atoms with Crippen LogP contribution in [0, 0.1) is 18.6 Å². The Bertz CT molecular complexity index is 732. The van der Waals surface area contributed by atoms with Crippen molar-refractivity contribution in [2.45, 2.75) is 6.92 Å². The standard InChI is InChI=1S/C15H12F2N2OS/c1-8-2-3-9(14(18)21)6-13(8)19-15(20)11-5-4-10(16)7-12(11)17/h2-7H,1H3,(H2,18,21)(H,19,20). The molecule has 0 aromatic heterocycles. The highest BCUT2D eigenvalue weighted by Gasteiger charge is 2.14. The van der Waals surface area contributed by atoms with Crippen LogP contribution < -0.4 is 11.1 Å². The second-order valence-corrected chi connectivity index (χ2v) is 4.91. The van der Waals surface area contributed by atoms with Gasteiger partial charge in [0.2, 0.25) is 0 Å². The van der Waals surface area contributed by atoms with Crippen molar-refractivity contribution in [3.8, 4) is 0 Å². The molecule has 0 fully saturated rings. The van der Waals surface area contributed by atoms with Crippen LogP contribution in [0.15, 0.2) is 36.4 Å². The van der Waals surface area contributed by atoms with E-state index in [2.05, 4.69) is 5.32 Å². The first-order chi connectivity index (χ1) is 9.88. The van der Waals surface area contributed by atoms with E-state index < -0.39 is 17.5 Å². The van der Waals surface area contributed by atoms with Gasteiger partial charge in [-0.2, -0.15) is 0 Å². The summed E-state index contributed by atoms with van der Waals surface area (Å²) in [7, 11) is 0. The van der Waals surface area contributed by atoms with Crippen LogP contribution in [0.1, 0.15) is 21.5 Å². The summed E-state index contributed by atoms with van der Waals surface area (Å²) in [6, 6.07) is 7.85. The third-order valence-corrected chi connectivity index (χ3v) is 3.18. The lowest BCUT2D eigenvalue weighted by molar-refractivity contribution is 0.102. The van der Waals surface area contributed by atoms with Crippen molar-refractivity contribution in [3.05, 3.63) is 64.7 Å². The van der Waals surface area contributed by atoms with Gasteiger partial charge in [-0.25, -0.2) is 8.78 Å². The number of nitrogens with one attached hydrogen (secondary N) is 1. The van der Waals surface area contributed by atoms with Crippen LogP contribution in [0.2, 0.25) is 0 Å². The number of hydrogen-bond donors (Lipinski definition) is 2. The van der Waals surface area contributed by atoms with Crippen LogP contribution >= 0.6 is 12.2 Å². The third-order valence-electron chi connectivity index (χ3n) is 2.95. The average molecular weight is 306 g/mol. The van der Waals surface area contributed by atoms with Gasteiger partial charge in [0.25, 0.3) is 5.91 Å². The Morgan fingerprint density at radius 3 is 2.52 bits per heavy atom. The summed E-state index contributed by atoms with van der Waals surface area (Å²) < 4.78 is 26.4. The van der Waals surface area contributed by atoms with Gasteiger partial charge in [0.1, 0.15) is 16.6 Å². The lowest BCUT2D eigenvalue weighted by Gasteiger charge is -2.10. The van der Waals surface area contributed by atoms with Crippen LogP contribution in [0.5, 0.6) is 0 Å². The number of rotatable bonds is 3. The Hall–Kier alpha value is -2.34. The minimum Gasteiger partial charge on any atom is -0.389 e. The molecule has 0 radical (unpaired) electrons. The molecular formula is C15H12F2N2OS. The fraction of sp³-hybridized carbons (Fsp3) is 0.0667. The molecule has 0 spiro atoms. The first-order valence-corrected chi connectivity index (χ1v) is 6.46. The third kappa shape index (κ3) is 3.41.